The van der Waals surface area contributed by atoms with Gasteiger partial charge < -0.3 is 0 Å². The topological polar surface area (TPSA) is 52.0 Å². The standard InChI is InChI=1S/C12H14N4/c13-15-14-12-10-6-11(12)16(8-10)7-9-4-2-1-3-5-9/h1-5,10-12H,6-8H2/t10-,11-,12-/m1/s1. The first kappa shape index (κ1) is 9.70. The summed E-state index contributed by atoms with van der Waals surface area (Å²) in [6.07, 6.45) is 1.20. The quantitative estimate of drug-likeness (QED) is 0.433. The lowest BCUT2D eigenvalue weighted by molar-refractivity contribution is 0.208. The Balaban J connectivity index is 1.69. The Morgan fingerprint density at radius 1 is 1.38 bits per heavy atom. The van der Waals surface area contributed by atoms with Crippen LogP contribution in [0.2, 0.25) is 0 Å². The lowest BCUT2D eigenvalue weighted by Crippen LogP contribution is -2.41. The van der Waals surface area contributed by atoms with Crippen LogP contribution in [-0.2, 0) is 6.54 Å². The van der Waals surface area contributed by atoms with Crippen molar-refractivity contribution in [3.8, 4) is 0 Å². The van der Waals surface area contributed by atoms with Gasteiger partial charge >= 0.3 is 0 Å². The van der Waals surface area contributed by atoms with Crippen LogP contribution in [0.4, 0.5) is 0 Å². The first-order valence-electron chi connectivity index (χ1n) is 5.70. The predicted octanol–water partition coefficient (Wildman–Crippen LogP) is 2.57. The molecule has 4 rings (SSSR count). The predicted molar refractivity (Wildman–Crippen MR) is 61.7 cm³/mol. The molecule has 82 valence electrons. The molecule has 0 amide bonds. The third-order valence-electron chi connectivity index (χ3n) is 3.77. The fraction of sp³-hybridized carbons (Fsp3) is 0.500. The Bertz CT molecular complexity index is 424. The fourth-order valence-corrected chi connectivity index (χ4v) is 2.92. The van der Waals surface area contributed by atoms with E-state index in [0.29, 0.717) is 12.0 Å². The third kappa shape index (κ3) is 1.47. The number of fused-ring (bicyclic) bond motifs is 1. The molecule has 0 aromatic heterocycles. The second kappa shape index (κ2) is 3.81. The summed E-state index contributed by atoms with van der Waals surface area (Å²) in [4.78, 5) is 5.38. The monoisotopic (exact) mass is 214 g/mol. The molecule has 1 aliphatic carbocycles. The first-order chi connectivity index (χ1) is 7.88. The van der Waals surface area contributed by atoms with Gasteiger partial charge in [0.25, 0.3) is 0 Å². The summed E-state index contributed by atoms with van der Waals surface area (Å²) < 4.78 is 0. The van der Waals surface area contributed by atoms with Gasteiger partial charge in [-0.2, -0.15) is 0 Å². The van der Waals surface area contributed by atoms with Gasteiger partial charge in [0.15, 0.2) is 0 Å². The van der Waals surface area contributed by atoms with Crippen LogP contribution in [0.5, 0.6) is 0 Å². The molecule has 4 heteroatoms. The van der Waals surface area contributed by atoms with Crippen molar-refractivity contribution in [1.82, 2.24) is 4.90 Å². The average molecular weight is 214 g/mol. The van der Waals surface area contributed by atoms with Gasteiger partial charge in [0, 0.05) is 24.0 Å². The van der Waals surface area contributed by atoms with E-state index >= 15 is 0 Å². The first-order valence-corrected chi connectivity index (χ1v) is 5.70. The molecule has 4 nitrogen and oxygen atoms in total. The van der Waals surface area contributed by atoms with Crippen LogP contribution in [0.3, 0.4) is 0 Å². The third-order valence-corrected chi connectivity index (χ3v) is 3.77. The van der Waals surface area contributed by atoms with Crippen molar-refractivity contribution in [1.29, 1.82) is 0 Å². The molecule has 1 aromatic rings. The van der Waals surface area contributed by atoms with Crippen molar-refractivity contribution in [3.05, 3.63) is 46.3 Å². The van der Waals surface area contributed by atoms with Crippen LogP contribution in [-0.4, -0.2) is 23.5 Å². The number of hydrogen-bond acceptors (Lipinski definition) is 2. The van der Waals surface area contributed by atoms with E-state index in [2.05, 4.69) is 39.2 Å². The van der Waals surface area contributed by atoms with Gasteiger partial charge in [-0.1, -0.05) is 35.4 Å². The maximum atomic E-state index is 8.48. The van der Waals surface area contributed by atoms with E-state index in [0.717, 1.165) is 13.1 Å². The van der Waals surface area contributed by atoms with Crippen LogP contribution < -0.4 is 0 Å². The van der Waals surface area contributed by atoms with Gasteiger partial charge in [-0.05, 0) is 23.4 Å². The summed E-state index contributed by atoms with van der Waals surface area (Å²) >= 11 is 0. The second-order valence-corrected chi connectivity index (χ2v) is 4.67. The molecule has 3 atom stereocenters. The average Bonchev–Trinajstić information content (AvgIpc) is 2.84. The summed E-state index contributed by atoms with van der Waals surface area (Å²) in [6.45, 7) is 2.07. The van der Waals surface area contributed by atoms with Gasteiger partial charge in [-0.3, -0.25) is 4.90 Å². The zero-order valence-electron chi connectivity index (χ0n) is 9.03. The van der Waals surface area contributed by atoms with Gasteiger partial charge in [-0.25, -0.2) is 0 Å². The van der Waals surface area contributed by atoms with E-state index in [9.17, 15) is 0 Å². The number of rotatable bonds is 3. The highest BCUT2D eigenvalue weighted by Gasteiger charge is 2.51. The van der Waals surface area contributed by atoms with Gasteiger partial charge in [0.2, 0.25) is 0 Å². The highest BCUT2D eigenvalue weighted by molar-refractivity contribution is 5.17. The van der Waals surface area contributed by atoms with Crippen LogP contribution in [0.1, 0.15) is 12.0 Å². The Kier molecular flexibility index (Phi) is 2.31. The van der Waals surface area contributed by atoms with Gasteiger partial charge in [-0.15, -0.1) is 0 Å². The molecule has 3 aliphatic rings. The molecule has 1 aromatic carbocycles. The maximum Gasteiger partial charge on any atom is 0.0570 e. The molecule has 16 heavy (non-hydrogen) atoms. The van der Waals surface area contributed by atoms with Crippen LogP contribution >= 0.6 is 0 Å². The Morgan fingerprint density at radius 2 is 2.19 bits per heavy atom. The molecule has 2 bridgehead atoms. The minimum absolute atomic E-state index is 0.230. The summed E-state index contributed by atoms with van der Waals surface area (Å²) in [7, 11) is 0. The van der Waals surface area contributed by atoms with E-state index in [1.165, 1.54) is 12.0 Å². The number of benzene rings is 1. The lowest BCUT2D eigenvalue weighted by Gasteiger charge is -2.33. The Labute approximate surface area is 94.5 Å². The molecule has 2 saturated heterocycles. The molecule has 0 N–H and O–H groups in total. The molecule has 0 unspecified atom stereocenters. The van der Waals surface area contributed by atoms with E-state index in [-0.39, 0.29) is 6.04 Å². The van der Waals surface area contributed by atoms with Crippen LogP contribution in [0.25, 0.3) is 10.4 Å². The van der Waals surface area contributed by atoms with Crippen molar-refractivity contribution < 1.29 is 0 Å². The number of hydrogen-bond donors (Lipinski definition) is 0. The number of nitrogens with zero attached hydrogens (tertiary/aromatic N) is 4. The van der Waals surface area contributed by atoms with Crippen LogP contribution in [0, 0.1) is 5.92 Å². The molecular weight excluding hydrogens is 200 g/mol. The van der Waals surface area contributed by atoms with Gasteiger partial charge in [0.1, 0.15) is 0 Å². The lowest BCUT2D eigenvalue weighted by atomic mass is 9.81. The van der Waals surface area contributed by atoms with Crippen molar-refractivity contribution >= 4 is 0 Å². The largest absolute Gasteiger partial charge is 0.295 e. The van der Waals surface area contributed by atoms with Gasteiger partial charge in [0.05, 0.1) is 6.04 Å². The smallest absolute Gasteiger partial charge is 0.0570 e. The van der Waals surface area contributed by atoms with E-state index in [1.54, 1.807) is 0 Å². The van der Waals surface area contributed by atoms with Crippen molar-refractivity contribution in [2.24, 2.45) is 11.0 Å². The minimum atomic E-state index is 0.230. The fourth-order valence-electron chi connectivity index (χ4n) is 2.92. The van der Waals surface area contributed by atoms with Crippen molar-refractivity contribution in [2.75, 3.05) is 6.54 Å². The zero-order valence-corrected chi connectivity index (χ0v) is 9.03. The highest BCUT2D eigenvalue weighted by Crippen LogP contribution is 2.43. The summed E-state index contributed by atoms with van der Waals surface area (Å²) in [5.74, 6) is 0.601. The molecule has 0 spiro atoms. The molecular formula is C12H14N4. The highest BCUT2D eigenvalue weighted by atomic mass is 15.3. The molecule has 0 radical (unpaired) electrons. The zero-order chi connectivity index (χ0) is 11.0. The summed E-state index contributed by atoms with van der Waals surface area (Å²) in [5, 5.41) is 3.89. The summed E-state index contributed by atoms with van der Waals surface area (Å²) in [6, 6.07) is 11.2. The van der Waals surface area contributed by atoms with E-state index in [1.807, 2.05) is 6.07 Å². The molecule has 2 aliphatic heterocycles. The summed E-state index contributed by atoms with van der Waals surface area (Å²) in [5.41, 5.74) is 9.82. The van der Waals surface area contributed by atoms with E-state index in [4.69, 9.17) is 5.53 Å². The SMILES string of the molecule is [N-]=[N+]=N[C@@H]1[C@@H]2C[C@H]1N(Cc1ccccc1)C2. The van der Waals surface area contributed by atoms with Crippen molar-refractivity contribution in [2.45, 2.75) is 25.0 Å². The molecule has 2 heterocycles. The Morgan fingerprint density at radius 3 is 2.94 bits per heavy atom. The van der Waals surface area contributed by atoms with Crippen LogP contribution in [0.15, 0.2) is 35.4 Å². The molecule has 3 fully saturated rings. The van der Waals surface area contributed by atoms with E-state index < -0.39 is 0 Å². The maximum absolute atomic E-state index is 8.48. The second-order valence-electron chi connectivity index (χ2n) is 4.67. The van der Waals surface area contributed by atoms with Crippen molar-refractivity contribution in [3.63, 3.8) is 0 Å². The minimum Gasteiger partial charge on any atom is -0.295 e. The Hall–Kier alpha value is -1.51. The normalized spacial score (nSPS) is 31.9. The number of azide groups is 1. The molecule has 1 saturated carbocycles.